The van der Waals surface area contributed by atoms with Crippen molar-refractivity contribution in [2.75, 3.05) is 12.3 Å². The first kappa shape index (κ1) is 6.67. The number of hydrogen-bond acceptors (Lipinski definition) is 3. The van der Waals surface area contributed by atoms with Gasteiger partial charge in [-0.05, 0) is 19.4 Å². The third kappa shape index (κ3) is 1.21. The summed E-state index contributed by atoms with van der Waals surface area (Å²) in [5, 5.41) is 10.1. The van der Waals surface area contributed by atoms with E-state index in [1.165, 1.54) is 12.8 Å². The minimum atomic E-state index is 0.444. The second kappa shape index (κ2) is 2.54. The molecule has 11 heavy (non-hydrogen) atoms. The van der Waals surface area contributed by atoms with Crippen molar-refractivity contribution in [1.29, 1.82) is 0 Å². The van der Waals surface area contributed by atoms with Crippen LogP contribution >= 0.6 is 0 Å². The summed E-state index contributed by atoms with van der Waals surface area (Å²) in [6.45, 7) is 1.10. The highest BCUT2D eigenvalue weighted by Crippen LogP contribution is 2.21. The summed E-state index contributed by atoms with van der Waals surface area (Å²) >= 11 is 0. The number of H-pyrrole nitrogens is 1. The zero-order valence-electron chi connectivity index (χ0n) is 6.30. The molecule has 0 saturated carbocycles. The first-order valence-corrected chi connectivity index (χ1v) is 3.90. The molecule has 1 unspecified atom stereocenters. The molecule has 1 saturated heterocycles. The van der Waals surface area contributed by atoms with Gasteiger partial charge in [-0.25, -0.2) is 0 Å². The Hall–Kier alpha value is -1.03. The van der Waals surface area contributed by atoms with Crippen molar-refractivity contribution < 1.29 is 0 Å². The Kier molecular flexibility index (Phi) is 1.54. The van der Waals surface area contributed by atoms with Crippen molar-refractivity contribution in [3.8, 4) is 0 Å². The summed E-state index contributed by atoms with van der Waals surface area (Å²) < 4.78 is 0. The molecule has 1 aliphatic rings. The largest absolute Gasteiger partial charge is 0.382 e. The van der Waals surface area contributed by atoms with Gasteiger partial charge in [0.25, 0.3) is 0 Å². The fraction of sp³-hybridized carbons (Fsp3) is 0.571. The molecule has 0 spiro atoms. The highest BCUT2D eigenvalue weighted by molar-refractivity contribution is 5.30. The van der Waals surface area contributed by atoms with Gasteiger partial charge < -0.3 is 11.1 Å². The maximum absolute atomic E-state index is 5.48. The molecule has 1 fully saturated rings. The number of nitrogens with two attached hydrogens (primary N) is 1. The van der Waals surface area contributed by atoms with Crippen molar-refractivity contribution in [1.82, 2.24) is 15.5 Å². The summed E-state index contributed by atoms with van der Waals surface area (Å²) in [6, 6.07) is 2.34. The number of aromatic nitrogens is 2. The molecule has 0 amide bonds. The summed E-state index contributed by atoms with van der Waals surface area (Å²) in [7, 11) is 0. The smallest absolute Gasteiger partial charge is 0.145 e. The van der Waals surface area contributed by atoms with E-state index in [-0.39, 0.29) is 0 Å². The molecule has 0 bridgehead atoms. The lowest BCUT2D eigenvalue weighted by Crippen LogP contribution is -2.12. The Balaban J connectivity index is 2.15. The van der Waals surface area contributed by atoms with Crippen LogP contribution in [0.5, 0.6) is 0 Å². The Morgan fingerprint density at radius 1 is 1.64 bits per heavy atom. The van der Waals surface area contributed by atoms with Crippen LogP contribution in [0.15, 0.2) is 6.07 Å². The van der Waals surface area contributed by atoms with Gasteiger partial charge >= 0.3 is 0 Å². The predicted molar refractivity (Wildman–Crippen MR) is 43.0 cm³/mol. The van der Waals surface area contributed by atoms with Gasteiger partial charge in [-0.3, -0.25) is 5.10 Å². The lowest BCUT2D eigenvalue weighted by molar-refractivity contribution is 0.625. The van der Waals surface area contributed by atoms with E-state index in [0.717, 1.165) is 12.2 Å². The number of rotatable bonds is 1. The SMILES string of the molecule is Nc1cc(C2CCCN2)[nH]n1. The first-order chi connectivity index (χ1) is 5.36. The monoisotopic (exact) mass is 152 g/mol. The summed E-state index contributed by atoms with van der Waals surface area (Å²) in [4.78, 5) is 0. The van der Waals surface area contributed by atoms with Crippen molar-refractivity contribution in [2.45, 2.75) is 18.9 Å². The van der Waals surface area contributed by atoms with E-state index in [9.17, 15) is 0 Å². The van der Waals surface area contributed by atoms with Crippen molar-refractivity contribution >= 4 is 5.82 Å². The number of anilines is 1. The lowest BCUT2D eigenvalue weighted by Gasteiger charge is -2.04. The number of nitrogens with one attached hydrogen (secondary N) is 2. The van der Waals surface area contributed by atoms with Gasteiger partial charge in [-0.1, -0.05) is 0 Å². The Bertz CT molecular complexity index is 236. The zero-order valence-corrected chi connectivity index (χ0v) is 6.30. The van der Waals surface area contributed by atoms with Gasteiger partial charge in [0.05, 0.1) is 5.69 Å². The highest BCUT2D eigenvalue weighted by atomic mass is 15.2. The highest BCUT2D eigenvalue weighted by Gasteiger charge is 2.17. The third-order valence-corrected chi connectivity index (χ3v) is 2.05. The molecule has 1 aromatic heterocycles. The number of aromatic amines is 1. The van der Waals surface area contributed by atoms with E-state index in [1.54, 1.807) is 0 Å². The van der Waals surface area contributed by atoms with Gasteiger partial charge in [0.1, 0.15) is 5.82 Å². The number of hydrogen-bond donors (Lipinski definition) is 3. The van der Waals surface area contributed by atoms with Gasteiger partial charge in [-0.2, -0.15) is 5.10 Å². The molecule has 4 N–H and O–H groups in total. The minimum Gasteiger partial charge on any atom is -0.382 e. The van der Waals surface area contributed by atoms with E-state index in [2.05, 4.69) is 15.5 Å². The topological polar surface area (TPSA) is 66.7 Å². The van der Waals surface area contributed by atoms with Gasteiger partial charge in [0, 0.05) is 12.1 Å². The average Bonchev–Trinajstić information content (AvgIpc) is 2.55. The predicted octanol–water partition coefficient (Wildman–Crippen LogP) is 0.416. The third-order valence-electron chi connectivity index (χ3n) is 2.05. The maximum atomic E-state index is 5.48. The second-order valence-electron chi connectivity index (χ2n) is 2.90. The van der Waals surface area contributed by atoms with E-state index in [1.807, 2.05) is 6.07 Å². The van der Waals surface area contributed by atoms with Gasteiger partial charge in [0.2, 0.25) is 0 Å². The normalized spacial score (nSPS) is 24.2. The minimum absolute atomic E-state index is 0.444. The maximum Gasteiger partial charge on any atom is 0.145 e. The Morgan fingerprint density at radius 2 is 2.55 bits per heavy atom. The summed E-state index contributed by atoms with van der Waals surface area (Å²) in [5.41, 5.74) is 6.59. The van der Waals surface area contributed by atoms with Crippen LogP contribution in [0.1, 0.15) is 24.6 Å². The van der Waals surface area contributed by atoms with E-state index < -0.39 is 0 Å². The summed E-state index contributed by atoms with van der Waals surface area (Å²) in [5.74, 6) is 0.578. The van der Waals surface area contributed by atoms with Crippen LogP contribution < -0.4 is 11.1 Å². The summed E-state index contributed by atoms with van der Waals surface area (Å²) in [6.07, 6.45) is 2.42. The van der Waals surface area contributed by atoms with Crippen LogP contribution in [0.3, 0.4) is 0 Å². The van der Waals surface area contributed by atoms with Crippen LogP contribution in [0, 0.1) is 0 Å². The van der Waals surface area contributed by atoms with Gasteiger partial charge in [-0.15, -0.1) is 0 Å². The van der Waals surface area contributed by atoms with Gasteiger partial charge in [0.15, 0.2) is 0 Å². The quantitative estimate of drug-likeness (QED) is 0.546. The molecule has 1 aromatic rings. The molecule has 1 atom stereocenters. The standard InChI is InChI=1S/C7H12N4/c8-7-4-6(10-11-7)5-2-1-3-9-5/h4-5,9H,1-3H2,(H3,8,10,11). The average molecular weight is 152 g/mol. The number of nitrogen functional groups attached to an aromatic ring is 1. The molecule has 4 nitrogen and oxygen atoms in total. The first-order valence-electron chi connectivity index (χ1n) is 3.90. The van der Waals surface area contributed by atoms with Crippen LogP contribution in [-0.4, -0.2) is 16.7 Å². The Morgan fingerprint density at radius 3 is 3.09 bits per heavy atom. The molecule has 0 aliphatic carbocycles. The molecule has 2 heterocycles. The molecular formula is C7H12N4. The molecule has 0 radical (unpaired) electrons. The molecule has 4 heteroatoms. The van der Waals surface area contributed by atoms with Crippen LogP contribution in [0.25, 0.3) is 0 Å². The molecule has 0 aromatic carbocycles. The van der Waals surface area contributed by atoms with Crippen molar-refractivity contribution in [3.63, 3.8) is 0 Å². The molecule has 2 rings (SSSR count). The van der Waals surface area contributed by atoms with Crippen molar-refractivity contribution in [2.24, 2.45) is 0 Å². The number of nitrogens with zero attached hydrogens (tertiary/aromatic N) is 1. The zero-order chi connectivity index (χ0) is 7.68. The molecule has 60 valence electrons. The fourth-order valence-corrected chi connectivity index (χ4v) is 1.48. The van der Waals surface area contributed by atoms with E-state index in [0.29, 0.717) is 11.9 Å². The van der Waals surface area contributed by atoms with Crippen LogP contribution in [-0.2, 0) is 0 Å². The van der Waals surface area contributed by atoms with Crippen LogP contribution in [0.4, 0.5) is 5.82 Å². The van der Waals surface area contributed by atoms with Crippen molar-refractivity contribution in [3.05, 3.63) is 11.8 Å². The second-order valence-corrected chi connectivity index (χ2v) is 2.90. The van der Waals surface area contributed by atoms with Crippen LogP contribution in [0.2, 0.25) is 0 Å². The molecule has 1 aliphatic heterocycles. The lowest BCUT2D eigenvalue weighted by atomic mass is 10.2. The fourth-order valence-electron chi connectivity index (χ4n) is 1.48. The molecular weight excluding hydrogens is 140 g/mol. The Labute approximate surface area is 65.2 Å². The van der Waals surface area contributed by atoms with E-state index in [4.69, 9.17) is 5.73 Å². The van der Waals surface area contributed by atoms with E-state index >= 15 is 0 Å².